The Balaban J connectivity index is 1.61. The quantitative estimate of drug-likeness (QED) is 0.867. The summed E-state index contributed by atoms with van der Waals surface area (Å²) in [5.74, 6) is 0.852. The molecule has 1 aromatic heterocycles. The summed E-state index contributed by atoms with van der Waals surface area (Å²) in [5, 5.41) is 2.86. The molecular weight excluding hydrogens is 322 g/mol. The minimum Gasteiger partial charge on any atom is -0.496 e. The molecule has 2 atom stereocenters. The number of carbonyl (C=O) groups excluding carboxylic acids is 1. The number of amides is 1. The van der Waals surface area contributed by atoms with Crippen molar-refractivity contribution in [3.05, 3.63) is 23.0 Å². The number of nitrogens with one attached hydrogen (secondary N) is 1. The average Bonchev–Trinajstić information content (AvgIpc) is 2.86. The topological polar surface area (TPSA) is 72.9 Å². The van der Waals surface area contributed by atoms with Gasteiger partial charge in [-0.25, -0.2) is 0 Å². The average molecular weight is 349 g/mol. The van der Waals surface area contributed by atoms with Crippen LogP contribution in [0.3, 0.4) is 0 Å². The van der Waals surface area contributed by atoms with Crippen LogP contribution in [0.4, 0.5) is 0 Å². The van der Waals surface area contributed by atoms with Crippen molar-refractivity contribution in [3.63, 3.8) is 0 Å². The molecule has 2 aliphatic heterocycles. The van der Waals surface area contributed by atoms with E-state index in [9.17, 15) is 4.79 Å². The number of aryl methyl sites for hydroxylation is 1. The Morgan fingerprint density at radius 1 is 1.32 bits per heavy atom. The number of likely N-dealkylation sites (tertiary alicyclic amines) is 1. The van der Waals surface area contributed by atoms with Gasteiger partial charge in [0.2, 0.25) is 5.91 Å². The Morgan fingerprint density at radius 2 is 1.96 bits per heavy atom. The van der Waals surface area contributed by atoms with Crippen molar-refractivity contribution < 1.29 is 19.0 Å². The van der Waals surface area contributed by atoms with E-state index in [0.717, 1.165) is 42.2 Å². The number of aromatic nitrogens is 1. The lowest BCUT2D eigenvalue weighted by molar-refractivity contribution is -0.120. The molecule has 3 rings (SSSR count). The van der Waals surface area contributed by atoms with Crippen LogP contribution >= 0.6 is 0 Å². The number of rotatable bonds is 4. The van der Waals surface area contributed by atoms with Crippen LogP contribution in [0.25, 0.3) is 0 Å². The van der Waals surface area contributed by atoms with E-state index in [1.807, 2.05) is 20.0 Å². The van der Waals surface area contributed by atoms with Gasteiger partial charge in [-0.05, 0) is 13.8 Å². The van der Waals surface area contributed by atoms with Crippen LogP contribution in [0, 0.1) is 13.8 Å². The number of methoxy groups -OCH3 is 1. The normalized spacial score (nSPS) is 24.6. The Labute approximate surface area is 148 Å². The maximum Gasteiger partial charge on any atom is 0.217 e. The van der Waals surface area contributed by atoms with Crippen LogP contribution in [0.15, 0.2) is 6.20 Å². The van der Waals surface area contributed by atoms with Gasteiger partial charge in [-0.1, -0.05) is 0 Å². The highest BCUT2D eigenvalue weighted by atomic mass is 16.6. The van der Waals surface area contributed by atoms with Crippen molar-refractivity contribution in [2.45, 2.75) is 45.6 Å². The lowest BCUT2D eigenvalue weighted by Crippen LogP contribution is -2.40. The first kappa shape index (κ1) is 18.1. The van der Waals surface area contributed by atoms with E-state index in [1.54, 1.807) is 7.11 Å². The largest absolute Gasteiger partial charge is 0.496 e. The van der Waals surface area contributed by atoms with Gasteiger partial charge in [-0.3, -0.25) is 14.7 Å². The van der Waals surface area contributed by atoms with Crippen molar-refractivity contribution >= 4 is 5.91 Å². The summed E-state index contributed by atoms with van der Waals surface area (Å²) in [6.45, 7) is 8.89. The first-order chi connectivity index (χ1) is 12.0. The molecule has 0 bridgehead atoms. The molecule has 138 valence electrons. The summed E-state index contributed by atoms with van der Waals surface area (Å²) < 4.78 is 17.4. The number of hydrogen-bond donors (Lipinski definition) is 1. The van der Waals surface area contributed by atoms with E-state index in [2.05, 4.69) is 15.2 Å². The van der Waals surface area contributed by atoms with E-state index in [1.165, 1.54) is 6.92 Å². The zero-order chi connectivity index (χ0) is 18.0. The first-order valence-electron chi connectivity index (χ1n) is 8.69. The summed E-state index contributed by atoms with van der Waals surface area (Å²) in [6, 6.07) is -0.0678. The number of hydrogen-bond acceptors (Lipinski definition) is 6. The van der Waals surface area contributed by atoms with Gasteiger partial charge in [0.15, 0.2) is 0 Å². The smallest absolute Gasteiger partial charge is 0.217 e. The van der Waals surface area contributed by atoms with Gasteiger partial charge in [-0.15, -0.1) is 0 Å². The Kier molecular flexibility index (Phi) is 5.56. The minimum absolute atomic E-state index is 0.0337. The predicted molar refractivity (Wildman–Crippen MR) is 92.6 cm³/mol. The molecule has 0 unspecified atom stereocenters. The fourth-order valence-electron chi connectivity index (χ4n) is 3.61. The third-order valence-electron chi connectivity index (χ3n) is 4.84. The van der Waals surface area contributed by atoms with Crippen molar-refractivity contribution in [2.75, 3.05) is 33.4 Å². The standard InChI is InChI=1S/C18H27N3O4/c1-11-5-19-15(12(2)18(11)23-4)6-21-7-16-17(8-21)25-10-14(9-24-16)20-13(3)22/h5,14,16-17H,6-10H2,1-4H3,(H,20,22)/t16-,17-/m0/s1. The lowest BCUT2D eigenvalue weighted by atomic mass is 10.1. The molecule has 0 saturated carbocycles. The highest BCUT2D eigenvalue weighted by molar-refractivity contribution is 5.73. The van der Waals surface area contributed by atoms with Crippen molar-refractivity contribution in [3.8, 4) is 5.75 Å². The molecular formula is C18H27N3O4. The van der Waals surface area contributed by atoms with Crippen molar-refractivity contribution in [1.29, 1.82) is 0 Å². The number of pyridine rings is 1. The second kappa shape index (κ2) is 7.68. The van der Waals surface area contributed by atoms with Crippen LogP contribution in [0.5, 0.6) is 5.75 Å². The summed E-state index contributed by atoms with van der Waals surface area (Å²) in [7, 11) is 1.69. The van der Waals surface area contributed by atoms with E-state index in [0.29, 0.717) is 13.2 Å². The molecule has 2 fully saturated rings. The Morgan fingerprint density at radius 3 is 2.52 bits per heavy atom. The van der Waals surface area contributed by atoms with Gasteiger partial charge >= 0.3 is 0 Å². The molecule has 0 aliphatic carbocycles. The SMILES string of the molecule is COc1c(C)cnc(CN2C[C@@H]3OCC(NC(C)=O)CO[C@H]3C2)c1C. The minimum atomic E-state index is -0.0678. The van der Waals surface area contributed by atoms with E-state index in [-0.39, 0.29) is 24.2 Å². The molecule has 0 spiro atoms. The van der Waals surface area contributed by atoms with Crippen LogP contribution in [0.1, 0.15) is 23.7 Å². The number of fused-ring (bicyclic) bond motifs is 1. The first-order valence-corrected chi connectivity index (χ1v) is 8.69. The van der Waals surface area contributed by atoms with Gasteiger partial charge in [0.05, 0.1) is 44.3 Å². The summed E-state index contributed by atoms with van der Waals surface area (Å²) in [4.78, 5) is 18.1. The summed E-state index contributed by atoms with van der Waals surface area (Å²) in [5.41, 5.74) is 3.16. The molecule has 1 aromatic rings. The molecule has 1 N–H and O–H groups in total. The number of ether oxygens (including phenoxy) is 3. The van der Waals surface area contributed by atoms with E-state index >= 15 is 0 Å². The molecule has 0 radical (unpaired) electrons. The van der Waals surface area contributed by atoms with Gasteiger partial charge in [0.1, 0.15) is 5.75 Å². The molecule has 2 saturated heterocycles. The van der Waals surface area contributed by atoms with Crippen molar-refractivity contribution in [1.82, 2.24) is 15.2 Å². The summed E-state index contributed by atoms with van der Waals surface area (Å²) in [6.07, 6.45) is 1.93. The fourth-order valence-corrected chi connectivity index (χ4v) is 3.61. The Hall–Kier alpha value is -1.70. The second-order valence-electron chi connectivity index (χ2n) is 6.88. The zero-order valence-corrected chi connectivity index (χ0v) is 15.4. The lowest BCUT2D eigenvalue weighted by Gasteiger charge is -2.20. The molecule has 1 amide bonds. The molecule has 7 nitrogen and oxygen atoms in total. The van der Waals surface area contributed by atoms with Gasteiger partial charge in [0.25, 0.3) is 0 Å². The number of carbonyl (C=O) groups is 1. The maximum absolute atomic E-state index is 11.2. The number of nitrogens with zero attached hydrogens (tertiary/aromatic N) is 2. The van der Waals surface area contributed by atoms with Crippen molar-refractivity contribution in [2.24, 2.45) is 0 Å². The molecule has 25 heavy (non-hydrogen) atoms. The monoisotopic (exact) mass is 349 g/mol. The molecule has 3 heterocycles. The highest BCUT2D eigenvalue weighted by Crippen LogP contribution is 2.27. The van der Waals surface area contributed by atoms with Gasteiger partial charge in [-0.2, -0.15) is 0 Å². The predicted octanol–water partition coefficient (Wildman–Crippen LogP) is 0.811. The third kappa shape index (κ3) is 4.11. The molecule has 7 heteroatoms. The zero-order valence-electron chi connectivity index (χ0n) is 15.4. The van der Waals surface area contributed by atoms with Gasteiger partial charge < -0.3 is 19.5 Å². The van der Waals surface area contributed by atoms with Crippen LogP contribution in [-0.4, -0.2) is 67.5 Å². The molecule has 0 aromatic carbocycles. The summed E-state index contributed by atoms with van der Waals surface area (Å²) >= 11 is 0. The molecule has 2 aliphatic rings. The second-order valence-corrected chi connectivity index (χ2v) is 6.88. The van der Waals surface area contributed by atoms with Crippen LogP contribution < -0.4 is 10.1 Å². The van der Waals surface area contributed by atoms with Crippen LogP contribution in [0.2, 0.25) is 0 Å². The van der Waals surface area contributed by atoms with Gasteiger partial charge in [0, 0.05) is 43.9 Å². The van der Waals surface area contributed by atoms with Crippen LogP contribution in [-0.2, 0) is 20.8 Å². The van der Waals surface area contributed by atoms with E-state index in [4.69, 9.17) is 14.2 Å². The highest BCUT2D eigenvalue weighted by Gasteiger charge is 2.37. The third-order valence-corrected chi connectivity index (χ3v) is 4.84. The van der Waals surface area contributed by atoms with E-state index < -0.39 is 0 Å². The fraction of sp³-hybridized carbons (Fsp3) is 0.667. The maximum atomic E-state index is 11.2. The Bertz CT molecular complexity index is 621.